The van der Waals surface area contributed by atoms with Crippen LogP contribution in [0.2, 0.25) is 0 Å². The SMILES string of the molecule is C[C@H]1CC[C@H](C(=O)N(C)Cc2ccc(C(=O)O)cc2)O1. The van der Waals surface area contributed by atoms with Crippen LogP contribution in [-0.2, 0) is 16.1 Å². The first kappa shape index (κ1) is 14.5. The molecule has 0 aliphatic carbocycles. The number of carbonyl (C=O) groups is 2. The number of carbonyl (C=O) groups excluding carboxylic acids is 1. The van der Waals surface area contributed by atoms with Crippen molar-refractivity contribution >= 4 is 11.9 Å². The fourth-order valence-electron chi connectivity index (χ4n) is 2.33. The van der Waals surface area contributed by atoms with E-state index in [0.717, 1.165) is 18.4 Å². The molecule has 2 atom stereocenters. The summed E-state index contributed by atoms with van der Waals surface area (Å²) in [6, 6.07) is 6.55. The third-order valence-electron chi connectivity index (χ3n) is 3.50. The van der Waals surface area contributed by atoms with E-state index < -0.39 is 5.97 Å². The third-order valence-corrected chi connectivity index (χ3v) is 3.50. The van der Waals surface area contributed by atoms with E-state index >= 15 is 0 Å². The molecule has 0 radical (unpaired) electrons. The second-order valence-electron chi connectivity index (χ2n) is 5.21. The Labute approximate surface area is 118 Å². The number of aromatic carboxylic acids is 1. The largest absolute Gasteiger partial charge is 0.478 e. The van der Waals surface area contributed by atoms with Crippen LogP contribution in [0.15, 0.2) is 24.3 Å². The maximum atomic E-state index is 12.2. The van der Waals surface area contributed by atoms with Crippen molar-refractivity contribution in [3.63, 3.8) is 0 Å². The highest BCUT2D eigenvalue weighted by Crippen LogP contribution is 2.21. The summed E-state index contributed by atoms with van der Waals surface area (Å²) in [5, 5.41) is 8.83. The first-order chi connectivity index (χ1) is 9.47. The Morgan fingerprint density at radius 2 is 1.95 bits per heavy atom. The number of ether oxygens (including phenoxy) is 1. The normalized spacial score (nSPS) is 21.7. The molecule has 2 rings (SSSR count). The highest BCUT2D eigenvalue weighted by atomic mass is 16.5. The van der Waals surface area contributed by atoms with E-state index in [1.54, 1.807) is 36.2 Å². The number of carboxylic acids is 1. The number of hydrogen-bond acceptors (Lipinski definition) is 3. The van der Waals surface area contributed by atoms with Crippen LogP contribution >= 0.6 is 0 Å². The number of rotatable bonds is 4. The van der Waals surface area contributed by atoms with Crippen LogP contribution in [0.1, 0.15) is 35.7 Å². The molecule has 1 aromatic rings. The van der Waals surface area contributed by atoms with Crippen molar-refractivity contribution in [3.8, 4) is 0 Å². The lowest BCUT2D eigenvalue weighted by Gasteiger charge is -2.21. The van der Waals surface area contributed by atoms with Gasteiger partial charge in [-0.25, -0.2) is 4.79 Å². The first-order valence-electron chi connectivity index (χ1n) is 6.70. The fraction of sp³-hybridized carbons (Fsp3) is 0.467. The molecule has 20 heavy (non-hydrogen) atoms. The Morgan fingerprint density at radius 3 is 2.45 bits per heavy atom. The van der Waals surface area contributed by atoms with E-state index in [1.165, 1.54) is 0 Å². The van der Waals surface area contributed by atoms with E-state index in [-0.39, 0.29) is 23.7 Å². The lowest BCUT2D eigenvalue weighted by atomic mass is 10.1. The standard InChI is InChI=1S/C15H19NO4/c1-10-3-8-13(20-10)14(17)16(2)9-11-4-6-12(7-5-11)15(18)19/h4-7,10,13H,3,8-9H2,1-2H3,(H,18,19)/t10-,13+/m0/s1. The zero-order valence-corrected chi connectivity index (χ0v) is 11.7. The molecule has 5 nitrogen and oxygen atoms in total. The Bertz CT molecular complexity index is 497. The monoisotopic (exact) mass is 277 g/mol. The average Bonchev–Trinajstić information content (AvgIpc) is 2.85. The molecule has 1 heterocycles. The van der Waals surface area contributed by atoms with Gasteiger partial charge >= 0.3 is 5.97 Å². The van der Waals surface area contributed by atoms with Crippen molar-refractivity contribution in [2.24, 2.45) is 0 Å². The van der Waals surface area contributed by atoms with Gasteiger partial charge in [-0.1, -0.05) is 12.1 Å². The van der Waals surface area contributed by atoms with Gasteiger partial charge in [-0.3, -0.25) is 4.79 Å². The number of nitrogens with zero attached hydrogens (tertiary/aromatic N) is 1. The van der Waals surface area contributed by atoms with Crippen LogP contribution < -0.4 is 0 Å². The molecule has 0 bridgehead atoms. The summed E-state index contributed by atoms with van der Waals surface area (Å²) in [5.74, 6) is -0.967. The van der Waals surface area contributed by atoms with Crippen LogP contribution in [0, 0.1) is 0 Å². The lowest BCUT2D eigenvalue weighted by Crippen LogP contribution is -2.35. The van der Waals surface area contributed by atoms with E-state index in [4.69, 9.17) is 9.84 Å². The van der Waals surface area contributed by atoms with Crippen molar-refractivity contribution in [2.45, 2.75) is 38.5 Å². The van der Waals surface area contributed by atoms with Gasteiger partial charge in [0.1, 0.15) is 6.10 Å². The van der Waals surface area contributed by atoms with Gasteiger partial charge in [0, 0.05) is 13.6 Å². The van der Waals surface area contributed by atoms with Gasteiger partial charge in [0.05, 0.1) is 11.7 Å². The van der Waals surface area contributed by atoms with Gasteiger partial charge < -0.3 is 14.7 Å². The Kier molecular flexibility index (Phi) is 4.39. The maximum Gasteiger partial charge on any atom is 0.335 e. The molecule has 0 saturated carbocycles. The van der Waals surface area contributed by atoms with Gasteiger partial charge in [0.25, 0.3) is 5.91 Å². The van der Waals surface area contributed by atoms with Crippen molar-refractivity contribution in [3.05, 3.63) is 35.4 Å². The molecule has 1 aromatic carbocycles. The van der Waals surface area contributed by atoms with E-state index in [2.05, 4.69) is 0 Å². The predicted molar refractivity (Wildman–Crippen MR) is 73.4 cm³/mol. The van der Waals surface area contributed by atoms with Crippen LogP contribution in [-0.4, -0.2) is 41.1 Å². The van der Waals surface area contributed by atoms with Crippen molar-refractivity contribution < 1.29 is 19.4 Å². The van der Waals surface area contributed by atoms with Gasteiger partial charge in [-0.05, 0) is 37.5 Å². The van der Waals surface area contributed by atoms with Crippen LogP contribution in [0.4, 0.5) is 0 Å². The molecule has 1 amide bonds. The van der Waals surface area contributed by atoms with Gasteiger partial charge in [-0.2, -0.15) is 0 Å². The Balaban J connectivity index is 1.95. The highest BCUT2D eigenvalue weighted by Gasteiger charge is 2.30. The summed E-state index contributed by atoms with van der Waals surface area (Å²) in [7, 11) is 1.74. The lowest BCUT2D eigenvalue weighted by molar-refractivity contribution is -0.141. The summed E-state index contributed by atoms with van der Waals surface area (Å²) in [4.78, 5) is 24.6. The fourth-order valence-corrected chi connectivity index (χ4v) is 2.33. The summed E-state index contributed by atoms with van der Waals surface area (Å²) in [6.45, 7) is 2.42. The molecular weight excluding hydrogens is 258 g/mol. The van der Waals surface area contributed by atoms with Gasteiger partial charge in [0.15, 0.2) is 0 Å². The summed E-state index contributed by atoms with van der Waals surface area (Å²) in [5.41, 5.74) is 1.15. The van der Waals surface area contributed by atoms with Gasteiger partial charge in [-0.15, -0.1) is 0 Å². The molecule has 0 aromatic heterocycles. The van der Waals surface area contributed by atoms with Crippen LogP contribution in [0.25, 0.3) is 0 Å². The second kappa shape index (κ2) is 6.05. The zero-order chi connectivity index (χ0) is 14.7. The summed E-state index contributed by atoms with van der Waals surface area (Å²) in [6.07, 6.45) is 1.49. The molecule has 1 aliphatic heterocycles. The minimum absolute atomic E-state index is 0.0170. The quantitative estimate of drug-likeness (QED) is 0.913. The predicted octanol–water partition coefficient (Wildman–Crippen LogP) is 1.91. The smallest absolute Gasteiger partial charge is 0.335 e. The molecular formula is C15H19NO4. The van der Waals surface area contributed by atoms with Crippen LogP contribution in [0.3, 0.4) is 0 Å². The second-order valence-corrected chi connectivity index (χ2v) is 5.21. The van der Waals surface area contributed by atoms with E-state index in [1.807, 2.05) is 6.92 Å². The first-order valence-corrected chi connectivity index (χ1v) is 6.70. The maximum absolute atomic E-state index is 12.2. The molecule has 1 fully saturated rings. The third kappa shape index (κ3) is 3.36. The number of hydrogen-bond donors (Lipinski definition) is 1. The zero-order valence-electron chi connectivity index (χ0n) is 11.7. The minimum atomic E-state index is -0.950. The molecule has 0 unspecified atom stereocenters. The van der Waals surface area contributed by atoms with Crippen LogP contribution in [0.5, 0.6) is 0 Å². The van der Waals surface area contributed by atoms with Crippen molar-refractivity contribution in [1.82, 2.24) is 4.90 Å². The summed E-state index contributed by atoms with van der Waals surface area (Å²) < 4.78 is 5.56. The molecule has 1 N–H and O–H groups in total. The van der Waals surface area contributed by atoms with Crippen molar-refractivity contribution in [1.29, 1.82) is 0 Å². The van der Waals surface area contributed by atoms with Gasteiger partial charge in [0.2, 0.25) is 0 Å². The number of carboxylic acid groups (broad SMARTS) is 1. The Hall–Kier alpha value is -1.88. The molecule has 1 saturated heterocycles. The number of likely N-dealkylation sites (N-methyl/N-ethyl adjacent to an activating group) is 1. The highest BCUT2D eigenvalue weighted by molar-refractivity contribution is 5.87. The minimum Gasteiger partial charge on any atom is -0.478 e. The molecule has 5 heteroatoms. The topological polar surface area (TPSA) is 66.8 Å². The molecule has 108 valence electrons. The number of benzene rings is 1. The Morgan fingerprint density at radius 1 is 1.30 bits per heavy atom. The average molecular weight is 277 g/mol. The van der Waals surface area contributed by atoms with E-state index in [9.17, 15) is 9.59 Å². The molecule has 1 aliphatic rings. The molecule has 0 spiro atoms. The summed E-state index contributed by atoms with van der Waals surface area (Å²) >= 11 is 0. The van der Waals surface area contributed by atoms with E-state index in [0.29, 0.717) is 6.54 Å². The van der Waals surface area contributed by atoms with Crippen molar-refractivity contribution in [2.75, 3.05) is 7.05 Å². The number of amides is 1.